The Morgan fingerprint density at radius 2 is 1.79 bits per heavy atom. The number of amides is 2. The summed E-state index contributed by atoms with van der Waals surface area (Å²) in [5.74, 6) is 3.80. The molecule has 4 aliphatic carbocycles. The van der Waals surface area contributed by atoms with Crippen molar-refractivity contribution in [3.8, 4) is 12.3 Å². The average molecular weight is 658 g/mol. The lowest BCUT2D eigenvalue weighted by Crippen LogP contribution is -2.64. The zero-order chi connectivity index (χ0) is 34.2. The van der Waals surface area contributed by atoms with Crippen molar-refractivity contribution >= 4 is 12.0 Å². The van der Waals surface area contributed by atoms with Crippen molar-refractivity contribution in [2.75, 3.05) is 26.4 Å². The molecule has 2 amide bonds. The number of rotatable bonds is 14. The smallest absolute Gasteiger partial charge is 0.408 e. The van der Waals surface area contributed by atoms with Crippen molar-refractivity contribution < 1.29 is 34.4 Å². The highest BCUT2D eigenvalue weighted by Crippen LogP contribution is 2.68. The molecule has 262 valence electrons. The molecule has 4 saturated carbocycles. The van der Waals surface area contributed by atoms with Crippen LogP contribution in [0.2, 0.25) is 0 Å². The molecule has 12 nitrogen and oxygen atoms in total. The number of nitrogens with one attached hydrogen (secondary N) is 2. The molecule has 0 aliphatic heterocycles. The van der Waals surface area contributed by atoms with Gasteiger partial charge < -0.3 is 35.4 Å². The third kappa shape index (κ3) is 8.44. The molecule has 0 saturated heterocycles. The first kappa shape index (κ1) is 37.0. The van der Waals surface area contributed by atoms with E-state index in [2.05, 4.69) is 47.4 Å². The molecule has 12 heteroatoms. The summed E-state index contributed by atoms with van der Waals surface area (Å²) < 4.78 is 10.2. The van der Waals surface area contributed by atoms with E-state index in [0.29, 0.717) is 30.1 Å². The third-order valence-electron chi connectivity index (χ3n) is 12.3. The van der Waals surface area contributed by atoms with Crippen LogP contribution >= 0.6 is 0 Å². The van der Waals surface area contributed by atoms with E-state index in [1.54, 1.807) is 0 Å². The van der Waals surface area contributed by atoms with Crippen molar-refractivity contribution in [3.63, 3.8) is 0 Å². The number of azide groups is 1. The Morgan fingerprint density at radius 1 is 1.04 bits per heavy atom. The molecule has 4 rings (SSSR count). The van der Waals surface area contributed by atoms with Crippen molar-refractivity contribution in [1.29, 1.82) is 0 Å². The molecule has 0 radical (unpaired) electrons. The number of carbonyl (C=O) groups excluding carboxylic acids is 2. The van der Waals surface area contributed by atoms with E-state index in [1.165, 1.54) is 6.08 Å². The van der Waals surface area contributed by atoms with Crippen LogP contribution in [0.1, 0.15) is 85.0 Å². The molecule has 0 aromatic rings. The van der Waals surface area contributed by atoms with Crippen molar-refractivity contribution in [2.45, 2.75) is 109 Å². The highest BCUT2D eigenvalue weighted by atomic mass is 16.6. The van der Waals surface area contributed by atoms with E-state index in [9.17, 15) is 24.9 Å². The lowest BCUT2D eigenvalue weighted by atomic mass is 9.43. The number of hydrogen-bond donors (Lipinski definition) is 5. The number of aliphatic hydroxyl groups excluding tert-OH is 3. The van der Waals surface area contributed by atoms with Crippen LogP contribution in [0.5, 0.6) is 0 Å². The second-order valence-electron chi connectivity index (χ2n) is 14.8. The Kier molecular flexibility index (Phi) is 13.0. The summed E-state index contributed by atoms with van der Waals surface area (Å²) in [4.78, 5) is 27.3. The van der Waals surface area contributed by atoms with Crippen molar-refractivity contribution in [2.24, 2.45) is 51.5 Å². The number of terminal acetylenes is 1. The number of fused-ring (bicyclic) bond motifs is 5. The van der Waals surface area contributed by atoms with E-state index in [1.807, 2.05) is 6.08 Å². The maximum absolute atomic E-state index is 12.6. The minimum atomic E-state index is -0.787. The minimum Gasteiger partial charge on any atom is -0.447 e. The fourth-order valence-corrected chi connectivity index (χ4v) is 10.1. The van der Waals surface area contributed by atoms with Gasteiger partial charge in [0.15, 0.2) is 0 Å². The van der Waals surface area contributed by atoms with Gasteiger partial charge in [-0.15, -0.1) is 12.3 Å². The van der Waals surface area contributed by atoms with Gasteiger partial charge in [-0.1, -0.05) is 32.0 Å². The summed E-state index contributed by atoms with van der Waals surface area (Å²) in [6.07, 6.45) is 13.7. The van der Waals surface area contributed by atoms with Crippen molar-refractivity contribution in [1.82, 2.24) is 10.6 Å². The predicted molar refractivity (Wildman–Crippen MR) is 176 cm³/mol. The molecule has 5 N–H and O–H groups in total. The lowest BCUT2D eigenvalue weighted by molar-refractivity contribution is -0.223. The summed E-state index contributed by atoms with van der Waals surface area (Å²) >= 11 is 0. The molecule has 4 aliphatic rings. The molecule has 0 heterocycles. The van der Waals surface area contributed by atoms with Crippen LogP contribution < -0.4 is 10.6 Å². The zero-order valence-corrected chi connectivity index (χ0v) is 28.2. The van der Waals surface area contributed by atoms with Crippen LogP contribution in [-0.2, 0) is 14.3 Å². The third-order valence-corrected chi connectivity index (χ3v) is 12.3. The fourth-order valence-electron chi connectivity index (χ4n) is 10.1. The summed E-state index contributed by atoms with van der Waals surface area (Å²) in [6.45, 7) is 7.56. The number of carbonyl (C=O) groups is 2. The fraction of sp³-hybridized carbons (Fsp3) is 0.829. The first-order valence-electron chi connectivity index (χ1n) is 17.4. The van der Waals surface area contributed by atoms with E-state index >= 15 is 0 Å². The largest absolute Gasteiger partial charge is 0.447 e. The summed E-state index contributed by atoms with van der Waals surface area (Å²) in [5.41, 5.74) is 8.29. The quantitative estimate of drug-likeness (QED) is 0.0347. The molecular weight excluding hydrogens is 602 g/mol. The van der Waals surface area contributed by atoms with Crippen LogP contribution in [0.25, 0.3) is 10.4 Å². The second kappa shape index (κ2) is 16.5. The maximum Gasteiger partial charge on any atom is 0.408 e. The molecular formula is C35H55N5O7. The molecule has 12 atom stereocenters. The van der Waals surface area contributed by atoms with Gasteiger partial charge in [-0.25, -0.2) is 4.79 Å². The molecule has 47 heavy (non-hydrogen) atoms. The molecule has 4 fully saturated rings. The Morgan fingerprint density at radius 3 is 2.53 bits per heavy atom. The molecule has 0 aromatic carbocycles. The molecule has 3 unspecified atom stereocenters. The lowest BCUT2D eigenvalue weighted by Gasteiger charge is -2.63. The minimum absolute atomic E-state index is 0.00762. The molecule has 0 aromatic heterocycles. The van der Waals surface area contributed by atoms with E-state index in [0.717, 1.165) is 51.4 Å². The standard InChI is InChI=1S/C35H55N5O7/c1-5-8-28(39-33(45)47-20-19-46-18-17-37-40-36)38-29(42)10-7-6-9-22(2)24-11-12-25-30-26(14-16-34(24,25)3)35(4)15-13-23(41)21-27(35)31(43)32(30)44/h1,7,10,22-28,30-32,41,43-44H,6,8-9,11-21H2,2-4H3,(H,38,42)(H,39,45)/b10-7+/t22-,23-,24-,25+,26+,27+,28?,30+,31?,32?,34-,35-/m1/s1. The number of nitrogens with zero attached hydrogens (tertiary/aromatic N) is 3. The molecule has 0 bridgehead atoms. The zero-order valence-electron chi connectivity index (χ0n) is 28.2. The van der Waals surface area contributed by atoms with Gasteiger partial charge in [0, 0.05) is 17.9 Å². The van der Waals surface area contributed by atoms with Crippen LogP contribution in [0.15, 0.2) is 17.3 Å². The Bertz CT molecular complexity index is 1200. The van der Waals surface area contributed by atoms with Crippen LogP contribution in [-0.4, -0.2) is 78.2 Å². The van der Waals surface area contributed by atoms with E-state index in [-0.39, 0.29) is 67.5 Å². The first-order valence-corrected chi connectivity index (χ1v) is 17.4. The first-order chi connectivity index (χ1) is 22.5. The van der Waals surface area contributed by atoms with Gasteiger partial charge in [0.1, 0.15) is 12.8 Å². The maximum atomic E-state index is 12.6. The second-order valence-corrected chi connectivity index (χ2v) is 14.8. The van der Waals surface area contributed by atoms with Crippen LogP contribution in [0.4, 0.5) is 4.79 Å². The number of hydrogen-bond acceptors (Lipinski definition) is 8. The van der Waals surface area contributed by atoms with Gasteiger partial charge in [-0.3, -0.25) is 4.79 Å². The van der Waals surface area contributed by atoms with Gasteiger partial charge in [-0.2, -0.15) is 0 Å². The van der Waals surface area contributed by atoms with Crippen LogP contribution in [0.3, 0.4) is 0 Å². The summed E-state index contributed by atoms with van der Waals surface area (Å²) in [6, 6.07) is 0. The Hall–Kier alpha value is -2.81. The van der Waals surface area contributed by atoms with Gasteiger partial charge in [-0.05, 0) is 116 Å². The van der Waals surface area contributed by atoms with E-state index < -0.39 is 24.5 Å². The number of alkyl carbamates (subject to hydrolysis) is 1. The topological polar surface area (TPSA) is 186 Å². The SMILES string of the molecule is C#CCC(NC(=O)/C=C/CC[C@@H](C)[C@H]1CC[C@H]2[C@@H]3C(O)C(O)[C@@H]4C[C@H](O)CC[C@]4(C)[C@H]3CC[C@]12C)NC(=O)OCCOCCN=[N+]=[N-]. The van der Waals surface area contributed by atoms with Gasteiger partial charge in [0.05, 0.1) is 31.5 Å². The van der Waals surface area contributed by atoms with Gasteiger partial charge >= 0.3 is 6.09 Å². The normalized spacial score (nSPS) is 37.3. The highest BCUT2D eigenvalue weighted by molar-refractivity contribution is 5.88. The summed E-state index contributed by atoms with van der Waals surface area (Å²) in [7, 11) is 0. The van der Waals surface area contributed by atoms with Gasteiger partial charge in [0.2, 0.25) is 5.91 Å². The Labute approximate surface area is 279 Å². The summed E-state index contributed by atoms with van der Waals surface area (Å²) in [5, 5.41) is 41.8. The number of aliphatic hydroxyl groups is 3. The van der Waals surface area contributed by atoms with Crippen molar-refractivity contribution in [3.05, 3.63) is 22.6 Å². The Balaban J connectivity index is 1.24. The highest BCUT2D eigenvalue weighted by Gasteiger charge is 2.65. The van der Waals surface area contributed by atoms with Crippen LogP contribution in [0, 0.1) is 58.7 Å². The average Bonchev–Trinajstić information content (AvgIpc) is 3.39. The molecule has 0 spiro atoms. The number of ether oxygens (including phenoxy) is 2. The van der Waals surface area contributed by atoms with Gasteiger partial charge in [0.25, 0.3) is 0 Å². The monoisotopic (exact) mass is 657 g/mol. The predicted octanol–water partition coefficient (Wildman–Crippen LogP) is 4.44. The van der Waals surface area contributed by atoms with E-state index in [4.69, 9.17) is 21.4 Å². The number of allylic oxidation sites excluding steroid dienone is 1.